The highest BCUT2D eigenvalue weighted by atomic mass is 16.6. The Balaban J connectivity index is 2.06. The predicted molar refractivity (Wildman–Crippen MR) is 111 cm³/mol. The van der Waals surface area contributed by atoms with Gasteiger partial charge in [0, 0.05) is 37.8 Å². The molecule has 7 nitrogen and oxygen atoms in total. The number of hydrogen-bond donors (Lipinski definition) is 1. The largest absolute Gasteiger partial charge is 0.465 e. The van der Waals surface area contributed by atoms with Crippen LogP contribution < -0.4 is 4.90 Å². The van der Waals surface area contributed by atoms with Crippen molar-refractivity contribution in [1.82, 2.24) is 4.90 Å². The Morgan fingerprint density at radius 1 is 1.21 bits per heavy atom. The van der Waals surface area contributed by atoms with Crippen molar-refractivity contribution in [2.45, 2.75) is 64.5 Å². The number of carboxylic acid groups (broad SMARTS) is 1. The molecule has 1 heterocycles. The number of benzene rings is 1. The average molecular weight is 402 g/mol. The molecule has 1 fully saturated rings. The maximum atomic E-state index is 12.0. The predicted octanol–water partition coefficient (Wildman–Crippen LogP) is 3.78. The molecule has 158 valence electrons. The summed E-state index contributed by atoms with van der Waals surface area (Å²) in [6.45, 7) is 10.9. The monoisotopic (exact) mass is 401 g/mol. The zero-order valence-electron chi connectivity index (χ0n) is 17.9. The summed E-state index contributed by atoms with van der Waals surface area (Å²) >= 11 is 0. The lowest BCUT2D eigenvalue weighted by Gasteiger charge is -2.40. The van der Waals surface area contributed by atoms with Crippen LogP contribution in [0.25, 0.3) is 0 Å². The summed E-state index contributed by atoms with van der Waals surface area (Å²) < 4.78 is 5.35. The first-order valence-corrected chi connectivity index (χ1v) is 9.93. The van der Waals surface area contributed by atoms with Crippen molar-refractivity contribution < 1.29 is 19.4 Å². The van der Waals surface area contributed by atoms with Gasteiger partial charge in [-0.2, -0.15) is 5.26 Å². The molecule has 1 aromatic carbocycles. The van der Waals surface area contributed by atoms with Crippen molar-refractivity contribution in [2.75, 3.05) is 24.5 Å². The molecule has 2 rings (SSSR count). The number of nitriles is 1. The number of rotatable bonds is 5. The molecule has 0 radical (unpaired) electrons. The quantitative estimate of drug-likeness (QED) is 0.755. The molecule has 0 saturated carbocycles. The summed E-state index contributed by atoms with van der Waals surface area (Å²) in [6.07, 6.45) is -0.329. The third-order valence-corrected chi connectivity index (χ3v) is 5.23. The summed E-state index contributed by atoms with van der Waals surface area (Å²) in [6, 6.07) is 10.2. The van der Waals surface area contributed by atoms with E-state index in [4.69, 9.17) is 9.84 Å². The highest BCUT2D eigenvalue weighted by Crippen LogP contribution is 2.31. The van der Waals surface area contributed by atoms with E-state index in [1.54, 1.807) is 0 Å². The molecular formula is C22H31N3O4. The van der Waals surface area contributed by atoms with Crippen molar-refractivity contribution in [3.8, 4) is 6.07 Å². The molecule has 7 heteroatoms. The van der Waals surface area contributed by atoms with Gasteiger partial charge in [-0.05, 0) is 58.7 Å². The van der Waals surface area contributed by atoms with Crippen LogP contribution in [0.1, 0.15) is 53.0 Å². The second-order valence-corrected chi connectivity index (χ2v) is 8.85. The maximum absolute atomic E-state index is 12.0. The second-order valence-electron chi connectivity index (χ2n) is 8.85. The molecule has 1 aliphatic heterocycles. The van der Waals surface area contributed by atoms with Gasteiger partial charge < -0.3 is 19.6 Å². The van der Waals surface area contributed by atoms with Crippen molar-refractivity contribution in [1.29, 1.82) is 5.26 Å². The first-order valence-electron chi connectivity index (χ1n) is 9.93. The zero-order chi connectivity index (χ0) is 21.8. The Morgan fingerprint density at radius 3 is 2.31 bits per heavy atom. The number of hydrogen-bond acceptors (Lipinski definition) is 5. The standard InChI is InChI=1S/C22H31N3O4/c1-16-14-24(20(27)28)12-13-25(16)18-8-6-17(7-9-18)22(5,15-23)11-10-19(26)29-21(2,3)4/h6-9,16H,10-14H2,1-5H3,(H,27,28). The molecule has 1 amide bonds. The number of nitrogens with zero attached hydrogens (tertiary/aromatic N) is 3. The molecule has 2 unspecified atom stereocenters. The molecule has 0 aliphatic carbocycles. The van der Waals surface area contributed by atoms with Gasteiger partial charge in [0.25, 0.3) is 0 Å². The lowest BCUT2D eigenvalue weighted by molar-refractivity contribution is -0.155. The van der Waals surface area contributed by atoms with E-state index in [0.717, 1.165) is 11.3 Å². The summed E-state index contributed by atoms with van der Waals surface area (Å²) in [5.41, 5.74) is 0.523. The molecule has 1 saturated heterocycles. The highest BCUT2D eigenvalue weighted by molar-refractivity contribution is 5.70. The summed E-state index contributed by atoms with van der Waals surface area (Å²) in [5.74, 6) is -0.305. The molecule has 0 aromatic heterocycles. The van der Waals surface area contributed by atoms with Crippen LogP contribution in [-0.4, -0.2) is 53.3 Å². The van der Waals surface area contributed by atoms with Gasteiger partial charge in [-0.25, -0.2) is 4.79 Å². The van der Waals surface area contributed by atoms with Crippen molar-refractivity contribution in [3.05, 3.63) is 29.8 Å². The number of carbonyl (C=O) groups is 2. The summed E-state index contributed by atoms with van der Waals surface area (Å²) in [4.78, 5) is 26.8. The second kappa shape index (κ2) is 8.73. The zero-order valence-corrected chi connectivity index (χ0v) is 17.9. The number of esters is 1. The Bertz CT molecular complexity index is 779. The van der Waals surface area contributed by atoms with E-state index in [0.29, 0.717) is 26.1 Å². The molecule has 1 aromatic rings. The van der Waals surface area contributed by atoms with Crippen LogP contribution in [-0.2, 0) is 14.9 Å². The minimum Gasteiger partial charge on any atom is -0.465 e. The van der Waals surface area contributed by atoms with Gasteiger partial charge in [-0.15, -0.1) is 0 Å². The fourth-order valence-corrected chi connectivity index (χ4v) is 3.55. The fourth-order valence-electron chi connectivity index (χ4n) is 3.55. The highest BCUT2D eigenvalue weighted by Gasteiger charge is 2.30. The SMILES string of the molecule is CC1CN(C(=O)O)CCN1c1ccc(C(C)(C#N)CCC(=O)OC(C)(C)C)cc1. The Labute approximate surface area is 172 Å². The number of carbonyl (C=O) groups excluding carboxylic acids is 1. The van der Waals surface area contributed by atoms with Gasteiger partial charge in [-0.1, -0.05) is 12.1 Å². The Hall–Kier alpha value is -2.75. The first-order chi connectivity index (χ1) is 13.4. The smallest absolute Gasteiger partial charge is 0.407 e. The van der Waals surface area contributed by atoms with E-state index in [1.807, 2.05) is 58.9 Å². The molecule has 0 bridgehead atoms. The van der Waals surface area contributed by atoms with E-state index in [1.165, 1.54) is 4.90 Å². The van der Waals surface area contributed by atoms with Crippen LogP contribution in [0.5, 0.6) is 0 Å². The van der Waals surface area contributed by atoms with Gasteiger partial charge in [0.05, 0.1) is 11.5 Å². The van der Waals surface area contributed by atoms with E-state index >= 15 is 0 Å². The molecular weight excluding hydrogens is 370 g/mol. The summed E-state index contributed by atoms with van der Waals surface area (Å²) in [7, 11) is 0. The number of ether oxygens (including phenoxy) is 1. The van der Waals surface area contributed by atoms with Crippen LogP contribution in [0.3, 0.4) is 0 Å². The Morgan fingerprint density at radius 2 is 1.83 bits per heavy atom. The minimum absolute atomic E-state index is 0.0696. The van der Waals surface area contributed by atoms with Gasteiger partial charge in [0.2, 0.25) is 0 Å². The van der Waals surface area contributed by atoms with Gasteiger partial charge in [0.15, 0.2) is 0 Å². The van der Waals surface area contributed by atoms with Crippen LogP contribution >= 0.6 is 0 Å². The van der Waals surface area contributed by atoms with Crippen LogP contribution in [0.15, 0.2) is 24.3 Å². The number of anilines is 1. The van der Waals surface area contributed by atoms with Crippen molar-refractivity contribution >= 4 is 17.7 Å². The van der Waals surface area contributed by atoms with Crippen LogP contribution in [0.4, 0.5) is 10.5 Å². The van der Waals surface area contributed by atoms with Gasteiger partial charge in [-0.3, -0.25) is 4.79 Å². The van der Waals surface area contributed by atoms with E-state index in [2.05, 4.69) is 11.0 Å². The summed E-state index contributed by atoms with van der Waals surface area (Å²) in [5, 5.41) is 18.9. The van der Waals surface area contributed by atoms with Crippen molar-refractivity contribution in [2.24, 2.45) is 0 Å². The molecule has 1 N–H and O–H groups in total. The number of amides is 1. The van der Waals surface area contributed by atoms with Gasteiger partial charge in [0.1, 0.15) is 5.60 Å². The first kappa shape index (κ1) is 22.5. The average Bonchev–Trinajstić information content (AvgIpc) is 2.65. The van der Waals surface area contributed by atoms with E-state index in [-0.39, 0.29) is 18.4 Å². The fraction of sp³-hybridized carbons (Fsp3) is 0.591. The molecule has 1 aliphatic rings. The third kappa shape index (κ3) is 5.86. The lowest BCUT2D eigenvalue weighted by Crippen LogP contribution is -2.53. The van der Waals surface area contributed by atoms with E-state index in [9.17, 15) is 14.9 Å². The Kier molecular flexibility index (Phi) is 6.78. The van der Waals surface area contributed by atoms with Crippen LogP contribution in [0.2, 0.25) is 0 Å². The molecule has 2 atom stereocenters. The molecule has 29 heavy (non-hydrogen) atoms. The number of piperazine rings is 1. The molecule has 0 spiro atoms. The third-order valence-electron chi connectivity index (χ3n) is 5.23. The van der Waals surface area contributed by atoms with Crippen molar-refractivity contribution in [3.63, 3.8) is 0 Å². The lowest BCUT2D eigenvalue weighted by atomic mass is 9.80. The minimum atomic E-state index is -0.887. The van der Waals surface area contributed by atoms with Crippen LogP contribution in [0, 0.1) is 11.3 Å². The normalized spacial score (nSPS) is 19.2. The topological polar surface area (TPSA) is 93.9 Å². The maximum Gasteiger partial charge on any atom is 0.407 e. The van der Waals surface area contributed by atoms with E-state index < -0.39 is 17.1 Å². The van der Waals surface area contributed by atoms with Gasteiger partial charge >= 0.3 is 12.1 Å².